The zero-order chi connectivity index (χ0) is 18.0. The molecule has 0 heterocycles. The van der Waals surface area contributed by atoms with Crippen LogP contribution in [0.5, 0.6) is 11.5 Å². The van der Waals surface area contributed by atoms with E-state index in [9.17, 15) is 9.90 Å². The quantitative estimate of drug-likeness (QED) is 0.564. The molecule has 3 rings (SSSR count). The average Bonchev–Trinajstić information content (AvgIpc) is 2.58. The molecule has 7 heteroatoms. The number of nitrogens with one attached hydrogen (secondary N) is 2. The molecular weight excluding hydrogens is 363 g/mol. The highest BCUT2D eigenvalue weighted by Gasteiger charge is 2.14. The van der Waals surface area contributed by atoms with E-state index in [1.165, 1.54) is 12.1 Å². The molecule has 0 saturated heterocycles. The van der Waals surface area contributed by atoms with Crippen LogP contribution in [0.25, 0.3) is 10.8 Å². The van der Waals surface area contributed by atoms with Gasteiger partial charge in [-0.1, -0.05) is 29.3 Å². The van der Waals surface area contributed by atoms with Gasteiger partial charge >= 0.3 is 6.03 Å². The first-order chi connectivity index (χ1) is 12.0. The number of methoxy groups -OCH3 is 1. The first-order valence-electron chi connectivity index (χ1n) is 7.30. The second-order valence-corrected chi connectivity index (χ2v) is 6.07. The lowest BCUT2D eigenvalue weighted by Gasteiger charge is -2.13. The number of aromatic hydroxyl groups is 1. The van der Waals surface area contributed by atoms with Crippen molar-refractivity contribution in [2.75, 3.05) is 17.7 Å². The molecule has 0 atom stereocenters. The Morgan fingerprint density at radius 2 is 1.80 bits per heavy atom. The third kappa shape index (κ3) is 3.73. The summed E-state index contributed by atoms with van der Waals surface area (Å²) in [5.74, 6) is 0.666. The van der Waals surface area contributed by atoms with Gasteiger partial charge in [-0.3, -0.25) is 0 Å². The molecule has 0 aliphatic rings. The van der Waals surface area contributed by atoms with E-state index in [-0.39, 0.29) is 10.8 Å². The summed E-state index contributed by atoms with van der Waals surface area (Å²) in [5, 5.41) is 17.0. The molecule has 3 N–H and O–H groups in total. The van der Waals surface area contributed by atoms with Crippen molar-refractivity contribution in [2.45, 2.75) is 0 Å². The molecule has 2 amide bonds. The second-order valence-electron chi connectivity index (χ2n) is 5.26. The van der Waals surface area contributed by atoms with E-state index in [1.54, 1.807) is 43.5 Å². The van der Waals surface area contributed by atoms with E-state index in [0.717, 1.165) is 0 Å². The molecule has 3 aromatic carbocycles. The van der Waals surface area contributed by atoms with Crippen LogP contribution in [0, 0.1) is 0 Å². The molecule has 0 aliphatic heterocycles. The summed E-state index contributed by atoms with van der Waals surface area (Å²) in [5.41, 5.74) is 0.923. The molecule has 5 nitrogen and oxygen atoms in total. The van der Waals surface area contributed by atoms with Crippen molar-refractivity contribution in [1.29, 1.82) is 0 Å². The van der Waals surface area contributed by atoms with Gasteiger partial charge in [0.2, 0.25) is 0 Å². The summed E-state index contributed by atoms with van der Waals surface area (Å²) in [6, 6.07) is 12.7. The number of carbonyl (C=O) groups excluding carboxylic acids is 1. The van der Waals surface area contributed by atoms with Gasteiger partial charge in [0.05, 0.1) is 22.8 Å². The average molecular weight is 377 g/mol. The fraction of sp³-hybridized carbons (Fsp3) is 0.0556. The van der Waals surface area contributed by atoms with Crippen LogP contribution < -0.4 is 15.4 Å². The van der Waals surface area contributed by atoms with Crippen molar-refractivity contribution in [3.63, 3.8) is 0 Å². The minimum absolute atomic E-state index is 0.0436. The second kappa shape index (κ2) is 7.09. The van der Waals surface area contributed by atoms with Gasteiger partial charge in [0.25, 0.3) is 0 Å². The number of hydrogen-bond acceptors (Lipinski definition) is 3. The van der Waals surface area contributed by atoms with E-state index in [0.29, 0.717) is 32.9 Å². The Morgan fingerprint density at radius 3 is 2.56 bits per heavy atom. The maximum absolute atomic E-state index is 12.3. The molecule has 0 radical (unpaired) electrons. The van der Waals surface area contributed by atoms with Crippen LogP contribution in [-0.4, -0.2) is 18.2 Å². The van der Waals surface area contributed by atoms with Crippen LogP contribution in [0.3, 0.4) is 0 Å². The topological polar surface area (TPSA) is 70.6 Å². The van der Waals surface area contributed by atoms with E-state index < -0.39 is 6.03 Å². The Labute approximate surface area is 154 Å². The molecule has 0 fully saturated rings. The number of ether oxygens (including phenoxy) is 1. The van der Waals surface area contributed by atoms with Gasteiger partial charge in [0.1, 0.15) is 11.5 Å². The van der Waals surface area contributed by atoms with Gasteiger partial charge in [-0.15, -0.1) is 0 Å². The molecule has 0 saturated carbocycles. The predicted octanol–water partition coefficient (Wildman–Crippen LogP) is 5.50. The van der Waals surface area contributed by atoms with Crippen molar-refractivity contribution in [3.8, 4) is 11.5 Å². The van der Waals surface area contributed by atoms with Crippen molar-refractivity contribution < 1.29 is 14.6 Å². The fourth-order valence-corrected chi connectivity index (χ4v) is 3.03. The zero-order valence-corrected chi connectivity index (χ0v) is 14.7. The van der Waals surface area contributed by atoms with Crippen LogP contribution in [0.15, 0.2) is 48.5 Å². The van der Waals surface area contributed by atoms with Gasteiger partial charge in [0.15, 0.2) is 0 Å². The minimum atomic E-state index is -0.484. The minimum Gasteiger partial charge on any atom is -0.508 e. The van der Waals surface area contributed by atoms with Gasteiger partial charge in [-0.2, -0.15) is 0 Å². The normalized spacial score (nSPS) is 10.5. The highest BCUT2D eigenvalue weighted by Crippen LogP contribution is 2.38. The van der Waals surface area contributed by atoms with Gasteiger partial charge < -0.3 is 20.5 Å². The molecule has 128 valence electrons. The smallest absolute Gasteiger partial charge is 0.323 e. The number of anilines is 2. The summed E-state index contributed by atoms with van der Waals surface area (Å²) < 4.78 is 5.12. The number of halogens is 2. The fourth-order valence-electron chi connectivity index (χ4n) is 2.44. The molecule has 25 heavy (non-hydrogen) atoms. The van der Waals surface area contributed by atoms with Crippen LogP contribution in [0.2, 0.25) is 10.0 Å². The van der Waals surface area contributed by atoms with Gasteiger partial charge in [-0.05, 0) is 36.4 Å². The number of fused-ring (bicyclic) bond motifs is 1. The maximum Gasteiger partial charge on any atom is 0.323 e. The molecule has 0 aromatic heterocycles. The summed E-state index contributed by atoms with van der Waals surface area (Å²) in [6.07, 6.45) is 0. The van der Waals surface area contributed by atoms with Crippen molar-refractivity contribution in [2.24, 2.45) is 0 Å². The molecule has 0 spiro atoms. The van der Waals surface area contributed by atoms with E-state index in [2.05, 4.69) is 10.6 Å². The zero-order valence-electron chi connectivity index (χ0n) is 13.1. The number of benzene rings is 3. The lowest BCUT2D eigenvalue weighted by Crippen LogP contribution is -2.19. The first kappa shape index (κ1) is 17.2. The van der Waals surface area contributed by atoms with Crippen molar-refractivity contribution >= 4 is 51.4 Å². The summed E-state index contributed by atoms with van der Waals surface area (Å²) in [4.78, 5) is 12.3. The van der Waals surface area contributed by atoms with Crippen molar-refractivity contribution in [3.05, 3.63) is 58.6 Å². The molecule has 0 unspecified atom stereocenters. The lowest BCUT2D eigenvalue weighted by molar-refractivity contribution is 0.262. The Bertz CT molecular complexity index is 960. The Balaban J connectivity index is 1.91. The number of carbonyl (C=O) groups is 1. The number of hydrogen-bond donors (Lipinski definition) is 3. The van der Waals surface area contributed by atoms with Gasteiger partial charge in [0, 0.05) is 22.5 Å². The maximum atomic E-state index is 12.3. The van der Waals surface area contributed by atoms with Gasteiger partial charge in [-0.25, -0.2) is 4.79 Å². The van der Waals surface area contributed by atoms with Crippen LogP contribution in [0.1, 0.15) is 0 Å². The van der Waals surface area contributed by atoms with Crippen LogP contribution in [-0.2, 0) is 0 Å². The third-order valence-corrected chi connectivity index (χ3v) is 4.20. The molecule has 0 aliphatic carbocycles. The first-order valence-corrected chi connectivity index (χ1v) is 8.06. The highest BCUT2D eigenvalue weighted by molar-refractivity contribution is 6.41. The Kier molecular flexibility index (Phi) is 4.88. The van der Waals surface area contributed by atoms with E-state index >= 15 is 0 Å². The number of rotatable bonds is 3. The van der Waals surface area contributed by atoms with Crippen LogP contribution in [0.4, 0.5) is 16.2 Å². The number of phenolic OH excluding ortho intramolecular Hbond substituents is 1. The number of amides is 2. The third-order valence-electron chi connectivity index (χ3n) is 3.59. The largest absolute Gasteiger partial charge is 0.508 e. The predicted molar refractivity (Wildman–Crippen MR) is 101 cm³/mol. The standard InChI is InChI=1S/C18H14Cl2N2O3/c1-25-12-4-2-3-10(7-12)21-18(24)22-17-14-8-11(23)5-6-13(14)15(19)9-16(17)20/h2-9,23H,1H3,(H2,21,22,24). The number of phenols is 1. The highest BCUT2D eigenvalue weighted by atomic mass is 35.5. The molecule has 0 bridgehead atoms. The Morgan fingerprint density at radius 1 is 1.00 bits per heavy atom. The lowest BCUT2D eigenvalue weighted by atomic mass is 10.1. The molecular formula is C18H14Cl2N2O3. The SMILES string of the molecule is COc1cccc(NC(=O)Nc2c(Cl)cc(Cl)c3ccc(O)cc23)c1. The van der Waals surface area contributed by atoms with E-state index in [4.69, 9.17) is 27.9 Å². The van der Waals surface area contributed by atoms with E-state index in [1.807, 2.05) is 0 Å². The van der Waals surface area contributed by atoms with Crippen molar-refractivity contribution in [1.82, 2.24) is 0 Å². The summed E-state index contributed by atoms with van der Waals surface area (Å²) in [7, 11) is 1.55. The monoisotopic (exact) mass is 376 g/mol. The summed E-state index contributed by atoms with van der Waals surface area (Å²) in [6.45, 7) is 0. The number of urea groups is 1. The summed E-state index contributed by atoms with van der Waals surface area (Å²) >= 11 is 12.4. The molecule has 3 aromatic rings. The Hall–Kier alpha value is -2.63. The van der Waals surface area contributed by atoms with Crippen LogP contribution >= 0.6 is 23.2 Å².